The molecule has 1 fully saturated rings. The number of rotatable bonds is 7. The van der Waals surface area contributed by atoms with E-state index in [1.807, 2.05) is 43.0 Å². The molecule has 33 heavy (non-hydrogen) atoms. The number of nitrogens with zero attached hydrogens (tertiary/aromatic N) is 2. The first-order valence-electron chi connectivity index (χ1n) is 11.2. The lowest BCUT2D eigenvalue weighted by Gasteiger charge is -2.28. The van der Waals surface area contributed by atoms with Gasteiger partial charge in [-0.05, 0) is 68.7 Å². The fourth-order valence-corrected chi connectivity index (χ4v) is 4.27. The molecule has 2 heterocycles. The fourth-order valence-electron chi connectivity index (χ4n) is 4.27. The minimum atomic E-state index is -0.339. The van der Waals surface area contributed by atoms with Crippen LogP contribution in [0, 0.1) is 13.8 Å². The second-order valence-electron chi connectivity index (χ2n) is 8.30. The Morgan fingerprint density at radius 2 is 1.70 bits per heavy atom. The summed E-state index contributed by atoms with van der Waals surface area (Å²) in [4.78, 5) is 19.2. The normalized spacial score (nSPS) is 17.8. The zero-order valence-electron chi connectivity index (χ0n) is 19.5. The molecule has 3 aromatic rings. The Hall–Kier alpha value is -3.48. The van der Waals surface area contributed by atoms with Crippen molar-refractivity contribution in [3.05, 3.63) is 71.4 Å². The summed E-state index contributed by atoms with van der Waals surface area (Å²) in [5.74, 6) is 3.52. The summed E-state index contributed by atoms with van der Waals surface area (Å²) < 4.78 is 22.2. The van der Waals surface area contributed by atoms with Gasteiger partial charge in [0, 0.05) is 19.4 Å². The van der Waals surface area contributed by atoms with Crippen LogP contribution in [0.2, 0.25) is 0 Å². The number of methoxy groups -OCH3 is 1. The van der Waals surface area contributed by atoms with Crippen LogP contribution in [0.15, 0.2) is 52.9 Å². The van der Waals surface area contributed by atoms with E-state index >= 15 is 0 Å². The van der Waals surface area contributed by atoms with Crippen LogP contribution in [-0.4, -0.2) is 35.7 Å². The fraction of sp³-hybridized carbons (Fsp3) is 0.385. The van der Waals surface area contributed by atoms with E-state index in [-0.39, 0.29) is 18.2 Å². The number of hydrogen-bond acceptors (Lipinski definition) is 6. The lowest BCUT2D eigenvalue weighted by molar-refractivity contribution is 0.132. The molecule has 2 unspecified atom stereocenters. The van der Waals surface area contributed by atoms with E-state index < -0.39 is 0 Å². The molecule has 1 amide bonds. The number of likely N-dealkylation sites (tertiary alicyclic amines) is 1. The third-order valence-corrected chi connectivity index (χ3v) is 6.02. The molecule has 0 bridgehead atoms. The molecule has 0 radical (unpaired) electrons. The van der Waals surface area contributed by atoms with Crippen LogP contribution in [0.4, 0.5) is 4.79 Å². The number of oxazole rings is 1. The maximum Gasteiger partial charge on any atom is 0.415 e. The van der Waals surface area contributed by atoms with Gasteiger partial charge in [0.1, 0.15) is 23.0 Å². The smallest absolute Gasteiger partial charge is 0.415 e. The van der Waals surface area contributed by atoms with Gasteiger partial charge in [-0.15, -0.1) is 0 Å². The second kappa shape index (κ2) is 9.98. The van der Waals surface area contributed by atoms with Gasteiger partial charge in [0.05, 0.1) is 25.5 Å². The van der Waals surface area contributed by atoms with Crippen LogP contribution < -0.4 is 14.2 Å². The molecule has 0 saturated carbocycles. The molecule has 4 rings (SSSR count). The van der Waals surface area contributed by atoms with E-state index in [4.69, 9.17) is 18.6 Å². The number of aromatic nitrogens is 1. The van der Waals surface area contributed by atoms with E-state index in [0.717, 1.165) is 41.4 Å². The van der Waals surface area contributed by atoms with Crippen molar-refractivity contribution in [2.45, 2.75) is 52.1 Å². The van der Waals surface area contributed by atoms with Crippen molar-refractivity contribution in [3.63, 3.8) is 0 Å². The quantitative estimate of drug-likeness (QED) is 0.463. The predicted molar refractivity (Wildman–Crippen MR) is 124 cm³/mol. The van der Waals surface area contributed by atoms with Gasteiger partial charge in [0.25, 0.3) is 0 Å². The van der Waals surface area contributed by atoms with Crippen LogP contribution in [-0.2, 0) is 6.42 Å². The van der Waals surface area contributed by atoms with E-state index in [2.05, 4.69) is 11.9 Å². The predicted octanol–water partition coefficient (Wildman–Crippen LogP) is 5.65. The highest BCUT2D eigenvalue weighted by atomic mass is 16.6. The molecule has 0 N–H and O–H groups in total. The topological polar surface area (TPSA) is 74.0 Å². The Labute approximate surface area is 194 Å². The number of aryl methyl sites for hydroxylation is 2. The highest BCUT2D eigenvalue weighted by Gasteiger charge is 2.36. The molecule has 2 atom stereocenters. The first-order valence-corrected chi connectivity index (χ1v) is 11.2. The van der Waals surface area contributed by atoms with Gasteiger partial charge in [-0.25, -0.2) is 9.78 Å². The maximum atomic E-state index is 13.0. The van der Waals surface area contributed by atoms with Crippen molar-refractivity contribution in [1.82, 2.24) is 9.88 Å². The van der Waals surface area contributed by atoms with Gasteiger partial charge >= 0.3 is 6.09 Å². The molecule has 1 aliphatic heterocycles. The number of hydrogen-bond donors (Lipinski definition) is 0. The van der Waals surface area contributed by atoms with Crippen molar-refractivity contribution < 1.29 is 23.4 Å². The number of benzene rings is 2. The SMILES string of the molecule is COc1ccc(OC(=O)N2C(C)CCC2c2ccc(OCCc3nc(C)oc3C)cc2)cc1. The molecular weight excluding hydrogens is 420 g/mol. The molecule has 7 heteroatoms. The minimum Gasteiger partial charge on any atom is -0.497 e. The Balaban J connectivity index is 1.37. The van der Waals surface area contributed by atoms with Gasteiger partial charge in [0.2, 0.25) is 0 Å². The highest BCUT2D eigenvalue weighted by Crippen LogP contribution is 2.37. The number of ether oxygens (including phenoxy) is 3. The van der Waals surface area contributed by atoms with Crippen molar-refractivity contribution in [3.8, 4) is 17.2 Å². The summed E-state index contributed by atoms with van der Waals surface area (Å²) in [5, 5.41) is 0. The lowest BCUT2D eigenvalue weighted by Crippen LogP contribution is -2.37. The summed E-state index contributed by atoms with van der Waals surface area (Å²) in [6.45, 7) is 6.33. The second-order valence-corrected chi connectivity index (χ2v) is 8.30. The van der Waals surface area contributed by atoms with Crippen LogP contribution in [0.25, 0.3) is 0 Å². The Morgan fingerprint density at radius 1 is 1.03 bits per heavy atom. The van der Waals surface area contributed by atoms with Crippen molar-refractivity contribution in [1.29, 1.82) is 0 Å². The molecule has 174 valence electrons. The Kier molecular flexibility index (Phi) is 6.87. The Bertz CT molecular complexity index is 1080. The van der Waals surface area contributed by atoms with E-state index in [0.29, 0.717) is 24.7 Å². The van der Waals surface area contributed by atoms with Crippen LogP contribution >= 0.6 is 0 Å². The average Bonchev–Trinajstić information content (AvgIpc) is 3.35. The molecule has 1 aromatic heterocycles. The minimum absolute atomic E-state index is 0.0273. The molecule has 1 aliphatic rings. The molecule has 0 aliphatic carbocycles. The summed E-state index contributed by atoms with van der Waals surface area (Å²) >= 11 is 0. The van der Waals surface area contributed by atoms with Gasteiger partial charge in [-0.3, -0.25) is 4.90 Å². The molecule has 1 saturated heterocycles. The van der Waals surface area contributed by atoms with Crippen LogP contribution in [0.3, 0.4) is 0 Å². The summed E-state index contributed by atoms with van der Waals surface area (Å²) in [5.41, 5.74) is 2.00. The van der Waals surface area contributed by atoms with Crippen molar-refractivity contribution in [2.24, 2.45) is 0 Å². The van der Waals surface area contributed by atoms with Crippen molar-refractivity contribution >= 4 is 6.09 Å². The standard InChI is InChI=1S/C26H30N2O5/c1-17-5-14-25(28(17)26(29)33-23-12-10-21(30-4)11-13-23)20-6-8-22(9-7-20)31-16-15-24-18(2)32-19(3)27-24/h6-13,17,25H,5,14-16H2,1-4H3. The molecular formula is C26H30N2O5. The average molecular weight is 451 g/mol. The zero-order valence-corrected chi connectivity index (χ0v) is 19.5. The van der Waals surface area contributed by atoms with E-state index in [9.17, 15) is 4.79 Å². The number of amides is 1. The maximum absolute atomic E-state index is 13.0. The van der Waals surface area contributed by atoms with Gasteiger partial charge in [-0.2, -0.15) is 0 Å². The number of carbonyl (C=O) groups excluding carboxylic acids is 1. The molecule has 7 nitrogen and oxygen atoms in total. The van der Waals surface area contributed by atoms with E-state index in [1.54, 1.807) is 31.4 Å². The highest BCUT2D eigenvalue weighted by molar-refractivity contribution is 5.72. The summed E-state index contributed by atoms with van der Waals surface area (Å²) in [6.07, 6.45) is 2.17. The van der Waals surface area contributed by atoms with Crippen LogP contribution in [0.5, 0.6) is 17.2 Å². The van der Waals surface area contributed by atoms with E-state index in [1.165, 1.54) is 0 Å². The third-order valence-electron chi connectivity index (χ3n) is 6.02. The Morgan fingerprint density at radius 3 is 2.33 bits per heavy atom. The molecule has 2 aromatic carbocycles. The first kappa shape index (κ1) is 22.7. The zero-order chi connectivity index (χ0) is 23.4. The largest absolute Gasteiger partial charge is 0.497 e. The van der Waals surface area contributed by atoms with Crippen molar-refractivity contribution in [2.75, 3.05) is 13.7 Å². The van der Waals surface area contributed by atoms with Gasteiger partial charge < -0.3 is 18.6 Å². The monoisotopic (exact) mass is 450 g/mol. The van der Waals surface area contributed by atoms with Gasteiger partial charge in [-0.1, -0.05) is 12.1 Å². The first-order chi connectivity index (χ1) is 15.9. The number of carbonyl (C=O) groups is 1. The molecule has 0 spiro atoms. The van der Waals surface area contributed by atoms with Gasteiger partial charge in [0.15, 0.2) is 5.89 Å². The van der Waals surface area contributed by atoms with Crippen LogP contribution in [0.1, 0.15) is 48.7 Å². The summed E-state index contributed by atoms with van der Waals surface area (Å²) in [7, 11) is 1.60. The third kappa shape index (κ3) is 5.30. The summed E-state index contributed by atoms with van der Waals surface area (Å²) in [6, 6.07) is 15.0. The lowest BCUT2D eigenvalue weighted by atomic mass is 10.0.